The third-order valence-corrected chi connectivity index (χ3v) is 6.07. The zero-order valence-corrected chi connectivity index (χ0v) is 16.7. The highest BCUT2D eigenvalue weighted by molar-refractivity contribution is 5.87. The number of fused-ring (bicyclic) bond motifs is 3. The van der Waals surface area contributed by atoms with Crippen molar-refractivity contribution in [1.82, 2.24) is 4.90 Å². The molecule has 0 saturated carbocycles. The van der Waals surface area contributed by atoms with E-state index in [-0.39, 0.29) is 18.3 Å². The van der Waals surface area contributed by atoms with E-state index >= 15 is 0 Å². The van der Waals surface area contributed by atoms with Gasteiger partial charge in [0.15, 0.2) is 6.10 Å². The minimum absolute atomic E-state index is 0.0279. The van der Waals surface area contributed by atoms with Gasteiger partial charge in [0.25, 0.3) is 0 Å². The number of ether oxygens (including phenoxy) is 1. The first-order valence-corrected chi connectivity index (χ1v) is 10.4. The first-order chi connectivity index (χ1) is 14.7. The summed E-state index contributed by atoms with van der Waals surface area (Å²) in [5, 5.41) is 0. The van der Waals surface area contributed by atoms with E-state index in [1.807, 2.05) is 54.6 Å². The van der Waals surface area contributed by atoms with Gasteiger partial charge in [-0.05, 0) is 23.1 Å². The van der Waals surface area contributed by atoms with Gasteiger partial charge < -0.3 is 9.64 Å². The number of carbonyl (C=O) groups is 2. The van der Waals surface area contributed by atoms with E-state index in [0.717, 1.165) is 28.7 Å². The molecule has 30 heavy (non-hydrogen) atoms. The highest BCUT2D eigenvalue weighted by atomic mass is 16.5. The molecule has 0 N–H and O–H groups in total. The van der Waals surface area contributed by atoms with Crippen molar-refractivity contribution in [3.05, 3.63) is 95.6 Å². The van der Waals surface area contributed by atoms with Crippen LogP contribution < -0.4 is 0 Å². The minimum Gasteiger partial charge on any atom is -0.452 e. The molecule has 1 aliphatic heterocycles. The molecule has 1 aliphatic carbocycles. The fourth-order valence-electron chi connectivity index (χ4n) is 4.50. The highest BCUT2D eigenvalue weighted by Crippen LogP contribution is 2.45. The second-order valence-corrected chi connectivity index (χ2v) is 7.97. The fourth-order valence-corrected chi connectivity index (χ4v) is 4.50. The van der Waals surface area contributed by atoms with Crippen LogP contribution in [0.25, 0.3) is 11.1 Å². The fraction of sp³-hybridized carbons (Fsp3) is 0.231. The van der Waals surface area contributed by atoms with Gasteiger partial charge in [0.2, 0.25) is 5.91 Å². The van der Waals surface area contributed by atoms with Gasteiger partial charge >= 0.3 is 5.97 Å². The summed E-state index contributed by atoms with van der Waals surface area (Å²) in [7, 11) is 0. The zero-order valence-electron chi connectivity index (χ0n) is 16.7. The van der Waals surface area contributed by atoms with Crippen LogP contribution in [0, 0.1) is 5.92 Å². The second kappa shape index (κ2) is 7.79. The van der Waals surface area contributed by atoms with Gasteiger partial charge in [-0.3, -0.25) is 9.59 Å². The number of hydrogen-bond donors (Lipinski definition) is 0. The van der Waals surface area contributed by atoms with Crippen LogP contribution in [0.3, 0.4) is 0 Å². The first-order valence-electron chi connectivity index (χ1n) is 10.4. The molecule has 4 heteroatoms. The quantitative estimate of drug-likeness (QED) is 0.600. The normalized spacial score (nSPS) is 17.7. The third kappa shape index (κ3) is 3.39. The SMILES string of the molecule is O=C(OC1c2ccccc2-c2ccccc21)[C@@H]1CC(=O)N(CCc2ccccc2)C1. The van der Waals surface area contributed by atoms with Gasteiger partial charge in [-0.1, -0.05) is 78.9 Å². The van der Waals surface area contributed by atoms with Gasteiger partial charge in [-0.15, -0.1) is 0 Å². The molecular formula is C26H23NO3. The molecule has 150 valence electrons. The Morgan fingerprint density at radius 3 is 2.13 bits per heavy atom. The van der Waals surface area contributed by atoms with Crippen LogP contribution in [0.5, 0.6) is 0 Å². The van der Waals surface area contributed by atoms with Crippen molar-refractivity contribution in [3.8, 4) is 11.1 Å². The smallest absolute Gasteiger partial charge is 0.312 e. The molecule has 5 rings (SSSR count). The predicted molar refractivity (Wildman–Crippen MR) is 115 cm³/mol. The molecule has 0 aromatic heterocycles. The summed E-state index contributed by atoms with van der Waals surface area (Å²) in [4.78, 5) is 27.2. The Labute approximate surface area is 176 Å². The van der Waals surface area contributed by atoms with Crippen LogP contribution >= 0.6 is 0 Å². The Morgan fingerprint density at radius 1 is 0.867 bits per heavy atom. The lowest BCUT2D eigenvalue weighted by atomic mass is 10.1. The molecule has 0 spiro atoms. The van der Waals surface area contributed by atoms with Crippen molar-refractivity contribution in [1.29, 1.82) is 0 Å². The summed E-state index contributed by atoms with van der Waals surface area (Å²) in [6, 6.07) is 26.2. The van der Waals surface area contributed by atoms with Crippen molar-refractivity contribution in [2.45, 2.75) is 18.9 Å². The molecule has 4 nitrogen and oxygen atoms in total. The first kappa shape index (κ1) is 18.6. The van der Waals surface area contributed by atoms with Crippen LogP contribution in [-0.2, 0) is 20.7 Å². The Bertz CT molecular complexity index is 1050. The summed E-state index contributed by atoms with van der Waals surface area (Å²) in [5.41, 5.74) is 5.43. The van der Waals surface area contributed by atoms with E-state index in [2.05, 4.69) is 24.3 Å². The summed E-state index contributed by atoms with van der Waals surface area (Å²) in [6.07, 6.45) is 0.611. The van der Waals surface area contributed by atoms with E-state index in [1.54, 1.807) is 4.90 Å². The van der Waals surface area contributed by atoms with Crippen LogP contribution in [-0.4, -0.2) is 29.9 Å². The third-order valence-electron chi connectivity index (χ3n) is 6.07. The molecule has 1 heterocycles. The molecule has 3 aromatic rings. The Morgan fingerprint density at radius 2 is 1.47 bits per heavy atom. The average molecular weight is 397 g/mol. The summed E-state index contributed by atoms with van der Waals surface area (Å²) in [6.45, 7) is 1.06. The molecule has 3 aromatic carbocycles. The van der Waals surface area contributed by atoms with Crippen LogP contribution in [0.1, 0.15) is 29.2 Å². The number of benzene rings is 3. The van der Waals surface area contributed by atoms with Gasteiger partial charge in [-0.2, -0.15) is 0 Å². The van der Waals surface area contributed by atoms with Crippen LogP contribution in [0.4, 0.5) is 0 Å². The van der Waals surface area contributed by atoms with Crippen molar-refractivity contribution < 1.29 is 14.3 Å². The molecular weight excluding hydrogens is 374 g/mol. The summed E-state index contributed by atoms with van der Waals surface area (Å²) < 4.78 is 5.99. The van der Waals surface area contributed by atoms with E-state index in [4.69, 9.17) is 4.74 Å². The molecule has 1 amide bonds. The summed E-state index contributed by atoms with van der Waals surface area (Å²) in [5.74, 6) is -0.671. The van der Waals surface area contributed by atoms with Crippen molar-refractivity contribution in [3.63, 3.8) is 0 Å². The maximum atomic E-state index is 13.0. The van der Waals surface area contributed by atoms with Crippen molar-refractivity contribution >= 4 is 11.9 Å². The Kier molecular flexibility index (Phi) is 4.83. The van der Waals surface area contributed by atoms with E-state index in [9.17, 15) is 9.59 Å². The number of nitrogens with zero attached hydrogens (tertiary/aromatic N) is 1. The maximum absolute atomic E-state index is 13.0. The van der Waals surface area contributed by atoms with E-state index < -0.39 is 12.0 Å². The van der Waals surface area contributed by atoms with Gasteiger partial charge in [0.1, 0.15) is 0 Å². The number of esters is 1. The lowest BCUT2D eigenvalue weighted by Gasteiger charge is -2.19. The Hall–Kier alpha value is -3.40. The molecule has 1 saturated heterocycles. The number of hydrogen-bond acceptors (Lipinski definition) is 3. The van der Waals surface area contributed by atoms with Gasteiger partial charge in [0.05, 0.1) is 5.92 Å². The van der Waals surface area contributed by atoms with E-state index in [1.165, 1.54) is 5.56 Å². The molecule has 0 radical (unpaired) electrons. The molecule has 1 fully saturated rings. The minimum atomic E-state index is -0.409. The molecule has 0 unspecified atom stereocenters. The molecule has 1 atom stereocenters. The second-order valence-electron chi connectivity index (χ2n) is 7.97. The summed E-state index contributed by atoms with van der Waals surface area (Å²) >= 11 is 0. The number of likely N-dealkylation sites (tertiary alicyclic amines) is 1. The predicted octanol–water partition coefficient (Wildman–Crippen LogP) is 4.39. The monoisotopic (exact) mass is 397 g/mol. The van der Waals surface area contributed by atoms with Crippen LogP contribution in [0.15, 0.2) is 78.9 Å². The largest absolute Gasteiger partial charge is 0.452 e. The maximum Gasteiger partial charge on any atom is 0.312 e. The van der Waals surface area contributed by atoms with Crippen LogP contribution in [0.2, 0.25) is 0 Å². The molecule has 0 bridgehead atoms. The zero-order chi connectivity index (χ0) is 20.5. The highest BCUT2D eigenvalue weighted by Gasteiger charge is 2.38. The lowest BCUT2D eigenvalue weighted by molar-refractivity contribution is -0.152. The standard InChI is InChI=1S/C26H23NO3/c28-24-16-19(17-27(24)15-14-18-8-2-1-3-9-18)26(29)30-25-22-12-6-4-10-20(22)21-11-5-7-13-23(21)25/h1-13,19,25H,14-17H2/t19-/m1/s1. The number of rotatable bonds is 5. The van der Waals surface area contributed by atoms with Gasteiger partial charge in [0, 0.05) is 30.6 Å². The molecule has 2 aliphatic rings. The Balaban J connectivity index is 1.28. The van der Waals surface area contributed by atoms with E-state index in [0.29, 0.717) is 13.1 Å². The van der Waals surface area contributed by atoms with Gasteiger partial charge in [-0.25, -0.2) is 0 Å². The topological polar surface area (TPSA) is 46.6 Å². The number of amides is 1. The lowest BCUT2D eigenvalue weighted by Crippen LogP contribution is -2.29. The van der Waals surface area contributed by atoms with Crippen molar-refractivity contribution in [2.24, 2.45) is 5.92 Å². The van der Waals surface area contributed by atoms with Crippen molar-refractivity contribution in [2.75, 3.05) is 13.1 Å². The number of carbonyl (C=O) groups excluding carboxylic acids is 2. The average Bonchev–Trinajstić information content (AvgIpc) is 3.31.